The lowest BCUT2D eigenvalue weighted by Gasteiger charge is -2.27. The zero-order chi connectivity index (χ0) is 21.0. The van der Waals surface area contributed by atoms with Crippen LogP contribution in [0.1, 0.15) is 23.2 Å². The minimum Gasteiger partial charge on any atom is -0.339 e. The Morgan fingerprint density at radius 3 is 2.28 bits per heavy atom. The van der Waals surface area contributed by atoms with Gasteiger partial charge in [-0.15, -0.1) is 0 Å². The highest BCUT2D eigenvalue weighted by Gasteiger charge is 2.24. The fraction of sp³-hybridized carbons (Fsp3) is 0.200. The predicted molar refractivity (Wildman–Crippen MR) is 111 cm³/mol. The van der Waals surface area contributed by atoms with Gasteiger partial charge in [-0.05, 0) is 60.3 Å². The molecule has 29 heavy (non-hydrogen) atoms. The van der Waals surface area contributed by atoms with Crippen LogP contribution in [0.3, 0.4) is 0 Å². The molecule has 1 aliphatic heterocycles. The molecule has 150 valence electrons. The summed E-state index contributed by atoms with van der Waals surface area (Å²) in [5.74, 6) is -0.733. The Hall–Kier alpha value is -3.33. The normalized spacial score (nSPS) is 13.7. The number of rotatable bonds is 4. The largest absolute Gasteiger partial charge is 0.339 e. The van der Waals surface area contributed by atoms with Crippen molar-refractivity contribution in [2.75, 3.05) is 24.4 Å². The van der Waals surface area contributed by atoms with Crippen LogP contribution in [0, 0.1) is 0 Å². The van der Waals surface area contributed by atoms with Crippen molar-refractivity contribution in [2.24, 2.45) is 0 Å². The summed E-state index contributed by atoms with van der Waals surface area (Å²) in [4.78, 5) is 49.9. The summed E-state index contributed by atoms with van der Waals surface area (Å²) >= 11 is 1.10. The molecule has 0 unspecified atom stereocenters. The molecule has 1 fully saturated rings. The smallest absolute Gasteiger partial charge is 0.285 e. The maximum absolute atomic E-state index is 12.4. The lowest BCUT2D eigenvalue weighted by atomic mass is 10.1. The van der Waals surface area contributed by atoms with Crippen LogP contribution in [0.15, 0.2) is 53.4 Å². The molecule has 1 saturated heterocycles. The van der Waals surface area contributed by atoms with Gasteiger partial charge in [0, 0.05) is 43.1 Å². The summed E-state index contributed by atoms with van der Waals surface area (Å²) in [6.07, 6.45) is 0.332. The third kappa shape index (κ3) is 5.14. The van der Waals surface area contributed by atoms with Crippen molar-refractivity contribution in [1.82, 2.24) is 10.3 Å². The van der Waals surface area contributed by atoms with Gasteiger partial charge in [0.25, 0.3) is 11.1 Å². The first-order valence-corrected chi connectivity index (χ1v) is 9.68. The van der Waals surface area contributed by atoms with E-state index in [1.807, 2.05) is 0 Å². The van der Waals surface area contributed by atoms with E-state index in [-0.39, 0.29) is 35.8 Å². The molecule has 2 N–H and O–H groups in total. The minimum atomic E-state index is -0.310. The second kappa shape index (κ2) is 8.78. The van der Waals surface area contributed by atoms with E-state index in [9.17, 15) is 19.2 Å². The fourth-order valence-corrected chi connectivity index (χ4v) is 3.20. The third-order valence-corrected chi connectivity index (χ3v) is 5.17. The fourth-order valence-electron chi connectivity index (χ4n) is 2.55. The molecule has 3 rings (SSSR count). The van der Waals surface area contributed by atoms with Crippen molar-refractivity contribution in [3.8, 4) is 0 Å². The molecule has 1 heterocycles. The molecular weight excluding hydrogens is 392 g/mol. The number of carbonyl (C=O) groups excluding carboxylic acids is 4. The van der Waals surface area contributed by atoms with Crippen molar-refractivity contribution in [1.29, 1.82) is 0 Å². The van der Waals surface area contributed by atoms with Crippen LogP contribution in [0.4, 0.5) is 16.2 Å². The molecule has 0 aliphatic carbocycles. The van der Waals surface area contributed by atoms with Gasteiger partial charge in [0.1, 0.15) is 0 Å². The first kappa shape index (κ1) is 20.4. The molecule has 4 amide bonds. The molecule has 9 heteroatoms. The number of benzene rings is 2. The van der Waals surface area contributed by atoms with Gasteiger partial charge in [-0.2, -0.15) is 0 Å². The van der Waals surface area contributed by atoms with Gasteiger partial charge < -0.3 is 10.2 Å². The Morgan fingerprint density at radius 2 is 1.66 bits per heavy atom. The zero-order valence-corrected chi connectivity index (χ0v) is 16.8. The van der Waals surface area contributed by atoms with Crippen molar-refractivity contribution < 1.29 is 19.2 Å². The van der Waals surface area contributed by atoms with E-state index >= 15 is 0 Å². The molecule has 0 radical (unpaired) electrons. The molecule has 2 aromatic carbocycles. The number of thioether (sulfide) groups is 1. The molecule has 0 aromatic heterocycles. The Morgan fingerprint density at radius 1 is 1.00 bits per heavy atom. The van der Waals surface area contributed by atoms with Gasteiger partial charge in [-0.25, -0.2) is 5.01 Å². The average Bonchev–Trinajstić information content (AvgIpc) is 2.71. The first-order valence-electron chi connectivity index (χ1n) is 8.86. The van der Waals surface area contributed by atoms with Crippen LogP contribution in [0.2, 0.25) is 0 Å². The molecule has 0 spiro atoms. The molecule has 1 aliphatic rings. The van der Waals surface area contributed by atoms with E-state index in [2.05, 4.69) is 10.7 Å². The van der Waals surface area contributed by atoms with Gasteiger partial charge in [-0.3, -0.25) is 24.6 Å². The van der Waals surface area contributed by atoms with Crippen LogP contribution >= 0.6 is 11.8 Å². The highest BCUT2D eigenvalue weighted by atomic mass is 32.2. The number of amides is 4. The second-order valence-electron chi connectivity index (χ2n) is 6.55. The molecular formula is C20H20N4O4S. The van der Waals surface area contributed by atoms with Crippen LogP contribution in [-0.2, 0) is 9.59 Å². The van der Waals surface area contributed by atoms with E-state index in [1.165, 1.54) is 9.91 Å². The van der Waals surface area contributed by atoms with Gasteiger partial charge in [0.05, 0.1) is 5.69 Å². The van der Waals surface area contributed by atoms with E-state index in [1.54, 1.807) is 62.6 Å². The molecule has 0 saturated carbocycles. The van der Waals surface area contributed by atoms with Crippen molar-refractivity contribution in [2.45, 2.75) is 17.7 Å². The SMILES string of the molecule is CN(C)C(=O)Sc1ccc(NC(=O)c2ccc(N3NC(=O)CCC3=O)cc2)cc1. The van der Waals surface area contributed by atoms with Gasteiger partial charge in [0.2, 0.25) is 11.8 Å². The molecule has 0 atom stereocenters. The number of hydrogen-bond acceptors (Lipinski definition) is 5. The Kier molecular flexibility index (Phi) is 6.18. The lowest BCUT2D eigenvalue weighted by Crippen LogP contribution is -2.50. The summed E-state index contributed by atoms with van der Waals surface area (Å²) < 4.78 is 0. The number of hydrogen-bond donors (Lipinski definition) is 2. The Balaban J connectivity index is 1.63. The van der Waals surface area contributed by atoms with Crippen molar-refractivity contribution in [3.63, 3.8) is 0 Å². The van der Waals surface area contributed by atoms with Gasteiger partial charge in [-0.1, -0.05) is 0 Å². The Bertz CT molecular complexity index is 942. The van der Waals surface area contributed by atoms with E-state index in [0.29, 0.717) is 16.9 Å². The van der Waals surface area contributed by atoms with Crippen molar-refractivity contribution in [3.05, 3.63) is 54.1 Å². The predicted octanol–water partition coefficient (Wildman–Crippen LogP) is 2.87. The Labute approximate surface area is 172 Å². The number of nitrogens with zero attached hydrogens (tertiary/aromatic N) is 2. The summed E-state index contributed by atoms with van der Waals surface area (Å²) in [5.41, 5.74) is 4.01. The van der Waals surface area contributed by atoms with E-state index < -0.39 is 0 Å². The van der Waals surface area contributed by atoms with Crippen molar-refractivity contribution >= 4 is 46.1 Å². The molecule has 0 bridgehead atoms. The summed E-state index contributed by atoms with van der Waals surface area (Å²) in [7, 11) is 3.37. The number of hydrazine groups is 1. The van der Waals surface area contributed by atoms with Gasteiger partial charge >= 0.3 is 0 Å². The van der Waals surface area contributed by atoms with Crippen LogP contribution in [0.25, 0.3) is 0 Å². The minimum absolute atomic E-state index is 0.0785. The summed E-state index contributed by atoms with van der Waals surface area (Å²) in [6.45, 7) is 0. The highest BCUT2D eigenvalue weighted by molar-refractivity contribution is 8.13. The number of anilines is 2. The van der Waals surface area contributed by atoms with Gasteiger partial charge in [0.15, 0.2) is 0 Å². The third-order valence-electron chi connectivity index (χ3n) is 4.12. The highest BCUT2D eigenvalue weighted by Crippen LogP contribution is 2.23. The first-order chi connectivity index (χ1) is 13.8. The van der Waals surface area contributed by atoms with Crippen LogP contribution in [-0.4, -0.2) is 42.0 Å². The molecule has 8 nitrogen and oxygen atoms in total. The topological polar surface area (TPSA) is 98.8 Å². The quantitative estimate of drug-likeness (QED) is 0.753. The standard InChI is InChI=1S/C20H20N4O4S/c1-23(2)20(28)29-16-9-5-14(6-10-16)21-19(27)13-3-7-15(8-4-13)24-18(26)12-11-17(25)22-24/h3-10H,11-12H2,1-2H3,(H,21,27)(H,22,25). The number of nitrogens with one attached hydrogen (secondary N) is 2. The maximum atomic E-state index is 12.4. The monoisotopic (exact) mass is 412 g/mol. The molecule has 2 aromatic rings. The average molecular weight is 412 g/mol. The summed E-state index contributed by atoms with van der Waals surface area (Å²) in [6, 6.07) is 13.3. The number of carbonyl (C=O) groups is 4. The van der Waals surface area contributed by atoms with Crippen LogP contribution in [0.5, 0.6) is 0 Å². The second-order valence-corrected chi connectivity index (χ2v) is 7.58. The lowest BCUT2D eigenvalue weighted by molar-refractivity contribution is -0.130. The van der Waals surface area contributed by atoms with Crippen LogP contribution < -0.4 is 15.8 Å². The zero-order valence-electron chi connectivity index (χ0n) is 16.0. The van der Waals surface area contributed by atoms with E-state index in [0.717, 1.165) is 16.7 Å². The van der Waals surface area contributed by atoms with E-state index in [4.69, 9.17) is 0 Å². The maximum Gasteiger partial charge on any atom is 0.285 e. The summed E-state index contributed by atoms with van der Waals surface area (Å²) in [5, 5.41) is 3.90.